The van der Waals surface area contributed by atoms with Gasteiger partial charge >= 0.3 is 12.1 Å². The number of methoxy groups -OCH3 is 3. The number of aliphatic carboxylic acids is 1. The van der Waals surface area contributed by atoms with Crippen molar-refractivity contribution in [1.29, 1.82) is 0 Å². The van der Waals surface area contributed by atoms with E-state index in [0.717, 1.165) is 12.1 Å². The van der Waals surface area contributed by atoms with Gasteiger partial charge in [0.1, 0.15) is 6.04 Å². The molecule has 6 nitrogen and oxygen atoms in total. The highest BCUT2D eigenvalue weighted by atomic mass is 35.5. The number of benzene rings is 2. The van der Waals surface area contributed by atoms with E-state index in [2.05, 4.69) is 0 Å². The average molecular weight is 474 g/mol. The van der Waals surface area contributed by atoms with Gasteiger partial charge in [0.2, 0.25) is 5.75 Å². The standard InChI is InChI=1S/C22H23ClF3NO5/c1-30-17-9-12(10-18(31-2)20(17)32-3)19(27-8-4-5-16(27)21(28)29)14-11-13(22(24,25)26)6-7-15(14)23/h6-7,9-11,16,19H,4-5,8H2,1-3H3,(H,28,29). The van der Waals surface area contributed by atoms with Crippen LogP contribution in [0.2, 0.25) is 5.02 Å². The molecular formula is C22H23ClF3NO5. The summed E-state index contributed by atoms with van der Waals surface area (Å²) >= 11 is 6.37. The Balaban J connectivity index is 2.28. The smallest absolute Gasteiger partial charge is 0.416 e. The SMILES string of the molecule is COc1cc(C(c2cc(C(F)(F)F)ccc2Cl)N2CCCC2C(=O)O)cc(OC)c1OC. The molecule has 0 aromatic heterocycles. The van der Waals surface area contributed by atoms with Crippen LogP contribution >= 0.6 is 11.6 Å². The Hall–Kier alpha value is -2.65. The van der Waals surface area contributed by atoms with Gasteiger partial charge in [-0.25, -0.2) is 0 Å². The first kappa shape index (κ1) is 24.0. The zero-order chi connectivity index (χ0) is 23.6. The molecule has 0 spiro atoms. The third-order valence-electron chi connectivity index (χ3n) is 5.53. The van der Waals surface area contributed by atoms with Gasteiger partial charge in [-0.3, -0.25) is 9.69 Å². The maximum absolute atomic E-state index is 13.5. The van der Waals surface area contributed by atoms with Gasteiger partial charge in [-0.05, 0) is 54.3 Å². The number of hydrogen-bond donors (Lipinski definition) is 1. The molecule has 174 valence electrons. The first-order valence-corrected chi connectivity index (χ1v) is 10.1. The molecule has 1 aliphatic heterocycles. The van der Waals surface area contributed by atoms with Crippen LogP contribution in [0.5, 0.6) is 17.2 Å². The number of carboxylic acids is 1. The number of rotatable bonds is 7. The van der Waals surface area contributed by atoms with Crippen molar-refractivity contribution in [3.8, 4) is 17.2 Å². The number of likely N-dealkylation sites (tertiary alicyclic amines) is 1. The summed E-state index contributed by atoms with van der Waals surface area (Å²) in [6.45, 7) is 0.366. The second-order valence-electron chi connectivity index (χ2n) is 7.33. The van der Waals surface area contributed by atoms with Gasteiger partial charge in [-0.15, -0.1) is 0 Å². The quantitative estimate of drug-likeness (QED) is 0.609. The number of hydrogen-bond acceptors (Lipinski definition) is 5. The number of carbonyl (C=O) groups is 1. The van der Waals surface area contributed by atoms with E-state index in [4.69, 9.17) is 25.8 Å². The predicted octanol–water partition coefficient (Wildman–Crippen LogP) is 5.02. The minimum Gasteiger partial charge on any atom is -0.493 e. The highest BCUT2D eigenvalue weighted by Crippen LogP contribution is 2.46. The number of alkyl halides is 3. The van der Waals surface area contributed by atoms with E-state index in [9.17, 15) is 23.1 Å². The Labute approximate surface area is 188 Å². The molecule has 0 bridgehead atoms. The van der Waals surface area contributed by atoms with Crippen molar-refractivity contribution in [1.82, 2.24) is 4.90 Å². The molecule has 1 heterocycles. The van der Waals surface area contributed by atoms with Gasteiger partial charge in [0.05, 0.1) is 32.9 Å². The average Bonchev–Trinajstić information content (AvgIpc) is 3.23. The van der Waals surface area contributed by atoms with Gasteiger partial charge in [-0.1, -0.05) is 11.6 Å². The number of ether oxygens (including phenoxy) is 3. The second kappa shape index (κ2) is 9.46. The molecule has 1 aliphatic rings. The van der Waals surface area contributed by atoms with Crippen molar-refractivity contribution in [2.24, 2.45) is 0 Å². The Kier molecular flexibility index (Phi) is 7.09. The lowest BCUT2D eigenvalue weighted by Gasteiger charge is -2.33. The molecule has 2 atom stereocenters. The van der Waals surface area contributed by atoms with E-state index in [1.54, 1.807) is 17.0 Å². The molecular weight excluding hydrogens is 451 g/mol. The molecule has 0 amide bonds. The van der Waals surface area contributed by atoms with Gasteiger partial charge in [-0.2, -0.15) is 13.2 Å². The van der Waals surface area contributed by atoms with Gasteiger partial charge in [0, 0.05) is 11.6 Å². The summed E-state index contributed by atoms with van der Waals surface area (Å²) in [5, 5.41) is 9.83. The third-order valence-corrected chi connectivity index (χ3v) is 5.88. The molecule has 1 N–H and O–H groups in total. The summed E-state index contributed by atoms with van der Waals surface area (Å²) in [7, 11) is 4.27. The highest BCUT2D eigenvalue weighted by Gasteiger charge is 2.39. The molecule has 3 rings (SSSR count). The predicted molar refractivity (Wildman–Crippen MR) is 112 cm³/mol. The fourth-order valence-electron chi connectivity index (χ4n) is 4.10. The molecule has 2 aromatic carbocycles. The Bertz CT molecular complexity index is 973. The maximum atomic E-state index is 13.5. The van der Waals surface area contributed by atoms with Crippen LogP contribution in [0.15, 0.2) is 30.3 Å². The largest absolute Gasteiger partial charge is 0.493 e. The van der Waals surface area contributed by atoms with Crippen molar-refractivity contribution >= 4 is 17.6 Å². The molecule has 1 saturated heterocycles. The lowest BCUT2D eigenvalue weighted by atomic mass is 9.94. The zero-order valence-corrected chi connectivity index (χ0v) is 18.5. The van der Waals surface area contributed by atoms with E-state index in [1.165, 1.54) is 27.4 Å². The number of halogens is 4. The van der Waals surface area contributed by atoms with Gasteiger partial charge < -0.3 is 19.3 Å². The summed E-state index contributed by atoms with van der Waals surface area (Å²) < 4.78 is 56.6. The Morgan fingerprint density at radius 2 is 1.75 bits per heavy atom. The summed E-state index contributed by atoms with van der Waals surface area (Å²) in [6.07, 6.45) is -3.64. The van der Waals surface area contributed by atoms with Crippen LogP contribution in [0.25, 0.3) is 0 Å². The molecule has 0 aliphatic carbocycles. The minimum atomic E-state index is -4.59. The molecule has 2 unspecified atom stereocenters. The lowest BCUT2D eigenvalue weighted by Crippen LogP contribution is -2.39. The summed E-state index contributed by atoms with van der Waals surface area (Å²) in [5.41, 5.74) is -0.266. The van der Waals surface area contributed by atoms with Crippen LogP contribution in [-0.4, -0.2) is 49.9 Å². The van der Waals surface area contributed by atoms with Crippen LogP contribution in [0, 0.1) is 0 Å². The number of carboxylic acid groups (broad SMARTS) is 1. The Morgan fingerprint density at radius 1 is 1.12 bits per heavy atom. The molecule has 10 heteroatoms. The molecule has 32 heavy (non-hydrogen) atoms. The van der Waals surface area contributed by atoms with Crippen molar-refractivity contribution in [2.45, 2.75) is 31.1 Å². The van der Waals surface area contributed by atoms with Crippen LogP contribution in [0.1, 0.15) is 35.6 Å². The van der Waals surface area contributed by atoms with E-state index < -0.39 is 29.8 Å². The highest BCUT2D eigenvalue weighted by molar-refractivity contribution is 6.31. The van der Waals surface area contributed by atoms with Crippen LogP contribution < -0.4 is 14.2 Å². The topological polar surface area (TPSA) is 68.2 Å². The van der Waals surface area contributed by atoms with E-state index >= 15 is 0 Å². The first-order valence-electron chi connectivity index (χ1n) is 9.77. The zero-order valence-electron chi connectivity index (χ0n) is 17.7. The Morgan fingerprint density at radius 3 is 2.25 bits per heavy atom. The summed E-state index contributed by atoms with van der Waals surface area (Å²) in [5.74, 6) is -0.158. The molecule has 0 radical (unpaired) electrons. The fourth-order valence-corrected chi connectivity index (χ4v) is 4.32. The van der Waals surface area contributed by atoms with E-state index in [1.807, 2.05) is 0 Å². The lowest BCUT2D eigenvalue weighted by molar-refractivity contribution is -0.143. The molecule has 0 saturated carbocycles. The molecule has 2 aromatic rings. The normalized spacial score (nSPS) is 17.8. The van der Waals surface area contributed by atoms with Crippen molar-refractivity contribution in [3.05, 3.63) is 52.0 Å². The van der Waals surface area contributed by atoms with Gasteiger partial charge in [0.15, 0.2) is 11.5 Å². The monoisotopic (exact) mass is 473 g/mol. The van der Waals surface area contributed by atoms with E-state index in [0.29, 0.717) is 42.2 Å². The number of nitrogens with zero attached hydrogens (tertiary/aromatic N) is 1. The van der Waals surface area contributed by atoms with Gasteiger partial charge in [0.25, 0.3) is 0 Å². The summed E-state index contributed by atoms with van der Waals surface area (Å²) in [6, 6.07) is 4.47. The molecule has 1 fully saturated rings. The van der Waals surface area contributed by atoms with E-state index in [-0.39, 0.29) is 10.6 Å². The minimum absolute atomic E-state index is 0.0905. The van der Waals surface area contributed by atoms with Crippen molar-refractivity contribution in [3.63, 3.8) is 0 Å². The van der Waals surface area contributed by atoms with Crippen molar-refractivity contribution in [2.75, 3.05) is 27.9 Å². The van der Waals surface area contributed by atoms with Crippen LogP contribution in [-0.2, 0) is 11.0 Å². The van der Waals surface area contributed by atoms with Crippen LogP contribution in [0.3, 0.4) is 0 Å². The third kappa shape index (κ3) is 4.59. The van der Waals surface area contributed by atoms with Crippen LogP contribution in [0.4, 0.5) is 13.2 Å². The van der Waals surface area contributed by atoms with Crippen molar-refractivity contribution < 1.29 is 37.3 Å². The second-order valence-corrected chi connectivity index (χ2v) is 7.74. The first-order chi connectivity index (χ1) is 15.1. The summed E-state index contributed by atoms with van der Waals surface area (Å²) in [4.78, 5) is 13.6. The maximum Gasteiger partial charge on any atom is 0.416 e. The fraction of sp³-hybridized carbons (Fsp3) is 0.409.